The number of carbonyl (C=O) groups is 1. The maximum atomic E-state index is 11.5. The van der Waals surface area contributed by atoms with Crippen LogP contribution in [-0.4, -0.2) is 25.7 Å². The molecule has 1 atom stereocenters. The van der Waals surface area contributed by atoms with E-state index >= 15 is 0 Å². The first-order chi connectivity index (χ1) is 9.33. The average molecular weight is 267 g/mol. The summed E-state index contributed by atoms with van der Waals surface area (Å²) in [6.45, 7) is 4.62. The molecule has 0 radical (unpaired) electrons. The lowest BCUT2D eigenvalue weighted by atomic mass is 10.1. The van der Waals surface area contributed by atoms with Crippen molar-refractivity contribution in [3.05, 3.63) is 12.2 Å². The Morgan fingerprint density at radius 2 is 2.05 bits per heavy atom. The van der Waals surface area contributed by atoms with Gasteiger partial charge in [-0.1, -0.05) is 45.1 Å². The molecule has 0 aromatic carbocycles. The van der Waals surface area contributed by atoms with Crippen LogP contribution in [0, 0.1) is 5.92 Å². The Kier molecular flexibility index (Phi) is 9.42. The molecule has 0 spiro atoms. The summed E-state index contributed by atoms with van der Waals surface area (Å²) in [5.41, 5.74) is 0. The van der Waals surface area contributed by atoms with Gasteiger partial charge in [0.15, 0.2) is 0 Å². The SMILES string of the molecule is CCCCCCCCC=CC(=O)NCC1CCOC1. The van der Waals surface area contributed by atoms with E-state index in [1.807, 2.05) is 6.08 Å². The van der Waals surface area contributed by atoms with Gasteiger partial charge in [0.05, 0.1) is 6.61 Å². The maximum absolute atomic E-state index is 11.5. The van der Waals surface area contributed by atoms with Gasteiger partial charge >= 0.3 is 0 Å². The lowest BCUT2D eigenvalue weighted by Gasteiger charge is -2.07. The number of nitrogens with one attached hydrogen (secondary N) is 1. The highest BCUT2D eigenvalue weighted by molar-refractivity contribution is 5.87. The largest absolute Gasteiger partial charge is 0.381 e. The predicted molar refractivity (Wildman–Crippen MR) is 79.1 cm³/mol. The summed E-state index contributed by atoms with van der Waals surface area (Å²) >= 11 is 0. The molecule has 1 amide bonds. The van der Waals surface area contributed by atoms with Gasteiger partial charge < -0.3 is 10.1 Å². The zero-order valence-corrected chi connectivity index (χ0v) is 12.3. The van der Waals surface area contributed by atoms with Crippen LogP contribution in [0.2, 0.25) is 0 Å². The number of amides is 1. The first kappa shape index (κ1) is 16.2. The van der Waals surface area contributed by atoms with Crippen LogP contribution in [0.5, 0.6) is 0 Å². The van der Waals surface area contributed by atoms with Crippen LogP contribution < -0.4 is 5.32 Å². The molecule has 0 saturated carbocycles. The van der Waals surface area contributed by atoms with Gasteiger partial charge in [-0.2, -0.15) is 0 Å². The highest BCUT2D eigenvalue weighted by Gasteiger charge is 2.15. The molecule has 1 aliphatic heterocycles. The third-order valence-corrected chi connectivity index (χ3v) is 3.58. The molecule has 1 N–H and O–H groups in total. The van der Waals surface area contributed by atoms with E-state index in [0.717, 1.165) is 32.6 Å². The normalized spacial score (nSPS) is 19.1. The molecule has 1 heterocycles. The van der Waals surface area contributed by atoms with Crippen LogP contribution in [0.3, 0.4) is 0 Å². The van der Waals surface area contributed by atoms with Crippen molar-refractivity contribution in [2.45, 2.75) is 58.3 Å². The van der Waals surface area contributed by atoms with Crippen LogP contribution in [-0.2, 0) is 9.53 Å². The van der Waals surface area contributed by atoms with Crippen molar-refractivity contribution in [2.75, 3.05) is 19.8 Å². The maximum Gasteiger partial charge on any atom is 0.243 e. The molecular formula is C16H29NO2. The van der Waals surface area contributed by atoms with Gasteiger partial charge in [0.1, 0.15) is 0 Å². The van der Waals surface area contributed by atoms with Gasteiger partial charge in [0, 0.05) is 19.1 Å². The summed E-state index contributed by atoms with van der Waals surface area (Å²) in [4.78, 5) is 11.5. The molecule has 3 heteroatoms. The molecule has 1 fully saturated rings. The fourth-order valence-corrected chi connectivity index (χ4v) is 2.28. The number of ether oxygens (including phenoxy) is 1. The van der Waals surface area contributed by atoms with Gasteiger partial charge in [0.2, 0.25) is 5.91 Å². The van der Waals surface area contributed by atoms with Crippen molar-refractivity contribution in [2.24, 2.45) is 5.92 Å². The lowest BCUT2D eigenvalue weighted by molar-refractivity contribution is -0.116. The minimum Gasteiger partial charge on any atom is -0.381 e. The number of hydrogen-bond donors (Lipinski definition) is 1. The fraction of sp³-hybridized carbons (Fsp3) is 0.812. The van der Waals surface area contributed by atoms with Crippen molar-refractivity contribution in [3.8, 4) is 0 Å². The zero-order chi connectivity index (χ0) is 13.8. The van der Waals surface area contributed by atoms with E-state index in [1.54, 1.807) is 6.08 Å². The fourth-order valence-electron chi connectivity index (χ4n) is 2.28. The first-order valence-corrected chi connectivity index (χ1v) is 7.85. The van der Waals surface area contributed by atoms with Crippen LogP contribution in [0.1, 0.15) is 58.3 Å². The number of rotatable bonds is 10. The van der Waals surface area contributed by atoms with Crippen molar-refractivity contribution < 1.29 is 9.53 Å². The summed E-state index contributed by atoms with van der Waals surface area (Å²) in [6, 6.07) is 0. The van der Waals surface area contributed by atoms with Crippen LogP contribution >= 0.6 is 0 Å². The topological polar surface area (TPSA) is 38.3 Å². The number of unbranched alkanes of at least 4 members (excludes halogenated alkanes) is 6. The highest BCUT2D eigenvalue weighted by Crippen LogP contribution is 2.10. The second kappa shape index (κ2) is 11.0. The van der Waals surface area contributed by atoms with Gasteiger partial charge in [-0.15, -0.1) is 0 Å². The molecule has 0 aromatic rings. The predicted octanol–water partition coefficient (Wildman–Crippen LogP) is 3.45. The molecule has 1 saturated heterocycles. The summed E-state index contributed by atoms with van der Waals surface area (Å²) in [5, 5.41) is 2.94. The third kappa shape index (κ3) is 8.82. The van der Waals surface area contributed by atoms with Crippen LogP contribution in [0.25, 0.3) is 0 Å². The summed E-state index contributed by atoms with van der Waals surface area (Å²) in [6.07, 6.45) is 13.6. The lowest BCUT2D eigenvalue weighted by Crippen LogP contribution is -2.27. The Balaban J connectivity index is 1.91. The number of allylic oxidation sites excluding steroid dienone is 1. The van der Waals surface area contributed by atoms with Crippen molar-refractivity contribution >= 4 is 5.91 Å². The molecular weight excluding hydrogens is 238 g/mol. The molecule has 0 aliphatic carbocycles. The average Bonchev–Trinajstić information content (AvgIpc) is 2.93. The summed E-state index contributed by atoms with van der Waals surface area (Å²) < 4.78 is 5.27. The Hall–Kier alpha value is -0.830. The van der Waals surface area contributed by atoms with Crippen molar-refractivity contribution in [3.63, 3.8) is 0 Å². The molecule has 0 bridgehead atoms. The van der Waals surface area contributed by atoms with Gasteiger partial charge in [-0.05, 0) is 25.3 Å². The van der Waals surface area contributed by atoms with E-state index < -0.39 is 0 Å². The van der Waals surface area contributed by atoms with Crippen molar-refractivity contribution in [1.29, 1.82) is 0 Å². The van der Waals surface area contributed by atoms with E-state index in [2.05, 4.69) is 12.2 Å². The Bertz CT molecular complexity index is 257. The monoisotopic (exact) mass is 267 g/mol. The first-order valence-electron chi connectivity index (χ1n) is 7.85. The van der Waals surface area contributed by atoms with Crippen LogP contribution in [0.4, 0.5) is 0 Å². The third-order valence-electron chi connectivity index (χ3n) is 3.58. The smallest absolute Gasteiger partial charge is 0.243 e. The van der Waals surface area contributed by atoms with E-state index in [1.165, 1.54) is 38.5 Å². The molecule has 1 unspecified atom stereocenters. The second-order valence-electron chi connectivity index (χ2n) is 5.43. The van der Waals surface area contributed by atoms with E-state index in [9.17, 15) is 4.79 Å². The summed E-state index contributed by atoms with van der Waals surface area (Å²) in [5.74, 6) is 0.550. The molecule has 3 nitrogen and oxygen atoms in total. The number of hydrogen-bond acceptors (Lipinski definition) is 2. The molecule has 0 aromatic heterocycles. The quantitative estimate of drug-likeness (QED) is 0.486. The Morgan fingerprint density at radius 1 is 1.26 bits per heavy atom. The van der Waals surface area contributed by atoms with E-state index in [0.29, 0.717) is 5.92 Å². The molecule has 1 rings (SSSR count). The Labute approximate surface area is 117 Å². The molecule has 1 aliphatic rings. The number of carbonyl (C=O) groups excluding carboxylic acids is 1. The standard InChI is InChI=1S/C16H29NO2/c1-2-3-4-5-6-7-8-9-10-16(18)17-13-15-11-12-19-14-15/h9-10,15H,2-8,11-14H2,1H3,(H,17,18). The minimum absolute atomic E-state index is 0.0397. The van der Waals surface area contributed by atoms with Crippen LogP contribution in [0.15, 0.2) is 12.2 Å². The molecule has 110 valence electrons. The van der Waals surface area contributed by atoms with E-state index in [-0.39, 0.29) is 5.91 Å². The van der Waals surface area contributed by atoms with Gasteiger partial charge in [-0.25, -0.2) is 0 Å². The summed E-state index contributed by atoms with van der Waals surface area (Å²) in [7, 11) is 0. The molecule has 19 heavy (non-hydrogen) atoms. The highest BCUT2D eigenvalue weighted by atomic mass is 16.5. The zero-order valence-electron chi connectivity index (χ0n) is 12.3. The van der Waals surface area contributed by atoms with E-state index in [4.69, 9.17) is 4.74 Å². The van der Waals surface area contributed by atoms with Crippen molar-refractivity contribution in [1.82, 2.24) is 5.32 Å². The minimum atomic E-state index is 0.0397. The van der Waals surface area contributed by atoms with Gasteiger partial charge in [-0.3, -0.25) is 4.79 Å². The second-order valence-corrected chi connectivity index (χ2v) is 5.43. The van der Waals surface area contributed by atoms with Gasteiger partial charge in [0.25, 0.3) is 0 Å². The Morgan fingerprint density at radius 3 is 2.79 bits per heavy atom.